The molecule has 0 atom stereocenters. The zero-order valence-corrected chi connectivity index (χ0v) is 13.8. The second-order valence-electron chi connectivity index (χ2n) is 5.91. The average Bonchev–Trinajstić information content (AvgIpc) is 2.43. The van der Waals surface area contributed by atoms with E-state index in [2.05, 4.69) is 26.7 Å². The summed E-state index contributed by atoms with van der Waals surface area (Å²) in [5.41, 5.74) is 0. The Balaban J connectivity index is 2.88. The summed E-state index contributed by atoms with van der Waals surface area (Å²) in [6.07, 6.45) is 25.9. The van der Waals surface area contributed by atoms with Crippen LogP contribution in [0.4, 0.5) is 0 Å². The molecule has 0 saturated heterocycles. The molecule has 0 aromatic carbocycles. The minimum Gasteiger partial charge on any atom is -0.0654 e. The second-order valence-corrected chi connectivity index (χ2v) is 5.91. The van der Waals surface area contributed by atoms with Crippen molar-refractivity contribution >= 4 is 0 Å². The highest BCUT2D eigenvalue weighted by molar-refractivity contribution is 4.72. The van der Waals surface area contributed by atoms with E-state index in [4.69, 9.17) is 0 Å². The summed E-state index contributed by atoms with van der Waals surface area (Å²) < 4.78 is 0. The van der Waals surface area contributed by atoms with Crippen LogP contribution in [0.3, 0.4) is 0 Å². The predicted molar refractivity (Wildman–Crippen MR) is 89.2 cm³/mol. The van der Waals surface area contributed by atoms with Gasteiger partial charge in [0.1, 0.15) is 0 Å². The lowest BCUT2D eigenvalue weighted by atomic mass is 10.0. The second kappa shape index (κ2) is 18.0. The first-order chi connectivity index (χ1) is 9.41. The summed E-state index contributed by atoms with van der Waals surface area (Å²) >= 11 is 0. The zero-order valence-electron chi connectivity index (χ0n) is 13.8. The Hall–Kier alpha value is 0. The van der Waals surface area contributed by atoms with Crippen LogP contribution in [0.25, 0.3) is 0 Å². The highest BCUT2D eigenvalue weighted by Gasteiger charge is 1.94. The Bertz CT molecular complexity index is 123. The molecule has 0 spiro atoms. The van der Waals surface area contributed by atoms with Crippen molar-refractivity contribution in [2.75, 3.05) is 0 Å². The Morgan fingerprint density at radius 3 is 1.32 bits per heavy atom. The van der Waals surface area contributed by atoms with Crippen molar-refractivity contribution in [2.24, 2.45) is 0 Å². The molecule has 0 rings (SSSR count). The molecule has 0 unspecified atom stereocenters. The van der Waals surface area contributed by atoms with Crippen LogP contribution in [-0.4, -0.2) is 0 Å². The molecular weight excluding hydrogens is 228 g/mol. The Morgan fingerprint density at radius 2 is 0.789 bits per heavy atom. The third-order valence-corrected chi connectivity index (χ3v) is 3.85. The molecule has 0 aliphatic carbocycles. The molecule has 0 aromatic heterocycles. The zero-order chi connectivity index (χ0) is 14.0. The van der Waals surface area contributed by atoms with Crippen molar-refractivity contribution in [1.82, 2.24) is 0 Å². The van der Waals surface area contributed by atoms with Crippen molar-refractivity contribution in [3.05, 3.63) is 12.8 Å². The van der Waals surface area contributed by atoms with Gasteiger partial charge in [-0.05, 0) is 25.7 Å². The van der Waals surface area contributed by atoms with Gasteiger partial charge in [-0.1, -0.05) is 97.3 Å². The Kier molecular flexibility index (Phi) is 18.0. The summed E-state index contributed by atoms with van der Waals surface area (Å²) in [5.74, 6) is 0. The smallest absolute Gasteiger partial charge is 0.0386 e. The van der Waals surface area contributed by atoms with Crippen LogP contribution in [0, 0.1) is 12.8 Å². The molecule has 0 aromatic rings. The molecule has 2 radical (unpaired) electrons. The minimum atomic E-state index is 1.31. The summed E-state index contributed by atoms with van der Waals surface area (Å²) in [5, 5.41) is 0. The van der Waals surface area contributed by atoms with E-state index in [1.54, 1.807) is 0 Å². The lowest BCUT2D eigenvalue weighted by Crippen LogP contribution is -1.84. The molecule has 0 fully saturated rings. The SMILES string of the molecule is CCCCC[CH]CC[CH]CCCCCCCCCC. The first-order valence-electron chi connectivity index (χ1n) is 9.05. The fourth-order valence-electron chi connectivity index (χ4n) is 2.49. The molecule has 0 amide bonds. The molecule has 19 heavy (non-hydrogen) atoms. The molecule has 0 heteroatoms. The fourth-order valence-corrected chi connectivity index (χ4v) is 2.49. The molecule has 0 bridgehead atoms. The quantitative estimate of drug-likeness (QED) is 0.257. The fraction of sp³-hybridized carbons (Fsp3) is 0.895. The van der Waals surface area contributed by atoms with Gasteiger partial charge in [0.05, 0.1) is 0 Å². The molecule has 0 heterocycles. The lowest BCUT2D eigenvalue weighted by molar-refractivity contribution is 0.571. The third-order valence-electron chi connectivity index (χ3n) is 3.85. The van der Waals surface area contributed by atoms with Crippen LogP contribution in [0.1, 0.15) is 110 Å². The molecule has 114 valence electrons. The number of unbranched alkanes of at least 4 members (excludes halogenated alkanes) is 16. The normalized spacial score (nSPS) is 11.1. The Morgan fingerprint density at radius 1 is 0.421 bits per heavy atom. The van der Waals surface area contributed by atoms with Crippen LogP contribution < -0.4 is 0 Å². The van der Waals surface area contributed by atoms with Gasteiger partial charge in [0.15, 0.2) is 0 Å². The van der Waals surface area contributed by atoms with Crippen molar-refractivity contribution in [2.45, 2.75) is 110 Å². The van der Waals surface area contributed by atoms with Crippen LogP contribution in [0.2, 0.25) is 0 Å². The molecule has 0 N–H and O–H groups in total. The van der Waals surface area contributed by atoms with Crippen LogP contribution in [0.15, 0.2) is 0 Å². The van der Waals surface area contributed by atoms with E-state index in [0.29, 0.717) is 0 Å². The average molecular weight is 267 g/mol. The van der Waals surface area contributed by atoms with Crippen LogP contribution >= 0.6 is 0 Å². The summed E-state index contributed by atoms with van der Waals surface area (Å²) in [6, 6.07) is 0. The van der Waals surface area contributed by atoms with E-state index in [1.165, 1.54) is 96.3 Å². The molecule has 0 aliphatic rings. The third kappa shape index (κ3) is 18.0. The lowest BCUT2D eigenvalue weighted by Gasteiger charge is -2.02. The molecular formula is C19H38. The monoisotopic (exact) mass is 266 g/mol. The van der Waals surface area contributed by atoms with E-state index in [0.717, 1.165) is 0 Å². The number of rotatable bonds is 16. The topological polar surface area (TPSA) is 0 Å². The largest absolute Gasteiger partial charge is 0.0654 e. The van der Waals surface area contributed by atoms with Crippen molar-refractivity contribution in [1.29, 1.82) is 0 Å². The van der Waals surface area contributed by atoms with Crippen LogP contribution in [-0.2, 0) is 0 Å². The van der Waals surface area contributed by atoms with E-state index >= 15 is 0 Å². The number of hydrogen-bond donors (Lipinski definition) is 0. The van der Waals surface area contributed by atoms with E-state index in [1.807, 2.05) is 0 Å². The van der Waals surface area contributed by atoms with Crippen molar-refractivity contribution in [3.63, 3.8) is 0 Å². The predicted octanol–water partition coefficient (Wildman–Crippen LogP) is 7.29. The minimum absolute atomic E-state index is 1.31. The molecule has 0 saturated carbocycles. The van der Waals surface area contributed by atoms with Crippen molar-refractivity contribution < 1.29 is 0 Å². The van der Waals surface area contributed by atoms with Gasteiger partial charge in [-0.15, -0.1) is 0 Å². The van der Waals surface area contributed by atoms with Gasteiger partial charge in [0.2, 0.25) is 0 Å². The van der Waals surface area contributed by atoms with E-state index in [9.17, 15) is 0 Å². The van der Waals surface area contributed by atoms with Gasteiger partial charge in [-0.3, -0.25) is 0 Å². The summed E-state index contributed by atoms with van der Waals surface area (Å²) in [6.45, 7) is 4.56. The van der Waals surface area contributed by atoms with Gasteiger partial charge in [-0.25, -0.2) is 0 Å². The standard InChI is InChI=1S/C19H38/c1-3-5-7-9-11-13-15-17-19-18-16-14-12-10-8-6-4-2/h11,17H,3-10,12-16,18-19H2,1-2H3. The Labute approximate surface area is 123 Å². The first kappa shape index (κ1) is 19.0. The van der Waals surface area contributed by atoms with E-state index < -0.39 is 0 Å². The van der Waals surface area contributed by atoms with Crippen molar-refractivity contribution in [3.8, 4) is 0 Å². The maximum Gasteiger partial charge on any atom is -0.0386 e. The maximum absolute atomic E-state index is 2.51. The van der Waals surface area contributed by atoms with Gasteiger partial charge in [0, 0.05) is 0 Å². The highest BCUT2D eigenvalue weighted by atomic mass is 14.0. The van der Waals surface area contributed by atoms with Gasteiger partial charge >= 0.3 is 0 Å². The molecule has 0 nitrogen and oxygen atoms in total. The van der Waals surface area contributed by atoms with Gasteiger partial charge in [0.25, 0.3) is 0 Å². The summed E-state index contributed by atoms with van der Waals surface area (Å²) in [7, 11) is 0. The summed E-state index contributed by atoms with van der Waals surface area (Å²) in [4.78, 5) is 0. The van der Waals surface area contributed by atoms with Crippen LogP contribution in [0.5, 0.6) is 0 Å². The first-order valence-corrected chi connectivity index (χ1v) is 9.05. The molecule has 0 aliphatic heterocycles. The van der Waals surface area contributed by atoms with E-state index in [-0.39, 0.29) is 0 Å². The number of hydrogen-bond acceptors (Lipinski definition) is 0. The highest BCUT2D eigenvalue weighted by Crippen LogP contribution is 2.12. The maximum atomic E-state index is 2.51. The van der Waals surface area contributed by atoms with Gasteiger partial charge in [-0.2, -0.15) is 0 Å². The van der Waals surface area contributed by atoms with Gasteiger partial charge < -0.3 is 0 Å².